The Hall–Kier alpha value is -1.32. The third kappa shape index (κ3) is 3.12. The minimum absolute atomic E-state index is 0.209. The number of para-hydroxylation sites is 1. The third-order valence-corrected chi connectivity index (χ3v) is 3.49. The lowest BCUT2D eigenvalue weighted by molar-refractivity contribution is 0.199. The minimum atomic E-state index is 0.209. The first kappa shape index (κ1) is 13.1. The van der Waals surface area contributed by atoms with E-state index in [1.807, 2.05) is 6.08 Å². The molecular formula is C15H22N2O. The normalized spacial score (nSPS) is 18.2. The zero-order valence-corrected chi connectivity index (χ0v) is 10.8. The van der Waals surface area contributed by atoms with E-state index in [1.165, 1.54) is 11.3 Å². The first-order valence-corrected chi connectivity index (χ1v) is 6.62. The van der Waals surface area contributed by atoms with E-state index in [4.69, 9.17) is 5.11 Å². The molecule has 0 amide bonds. The van der Waals surface area contributed by atoms with E-state index in [1.54, 1.807) is 0 Å². The molecular weight excluding hydrogens is 224 g/mol. The van der Waals surface area contributed by atoms with Crippen molar-refractivity contribution in [2.45, 2.75) is 12.3 Å². The van der Waals surface area contributed by atoms with Gasteiger partial charge in [-0.1, -0.05) is 24.3 Å². The summed E-state index contributed by atoms with van der Waals surface area (Å²) in [7, 11) is 0. The summed E-state index contributed by atoms with van der Waals surface area (Å²) < 4.78 is 0. The van der Waals surface area contributed by atoms with Crippen LogP contribution in [0.3, 0.4) is 0 Å². The highest BCUT2D eigenvalue weighted by Gasteiger charge is 2.21. The number of fused-ring (bicyclic) bond motifs is 1. The largest absolute Gasteiger partial charge is 0.395 e. The predicted octanol–water partition coefficient (Wildman–Crippen LogP) is 2.07. The van der Waals surface area contributed by atoms with Crippen LogP contribution in [-0.2, 0) is 0 Å². The SMILES string of the molecule is C=CCN(CCO)CC1CCNc2ccccc21. The maximum absolute atomic E-state index is 9.10. The average Bonchev–Trinajstić information content (AvgIpc) is 2.40. The molecule has 0 radical (unpaired) electrons. The van der Waals surface area contributed by atoms with Gasteiger partial charge in [0.15, 0.2) is 0 Å². The lowest BCUT2D eigenvalue weighted by Gasteiger charge is -2.31. The molecule has 98 valence electrons. The van der Waals surface area contributed by atoms with Gasteiger partial charge in [-0.15, -0.1) is 6.58 Å². The predicted molar refractivity (Wildman–Crippen MR) is 76.0 cm³/mol. The van der Waals surface area contributed by atoms with Crippen molar-refractivity contribution in [3.63, 3.8) is 0 Å². The molecule has 0 fully saturated rings. The molecule has 3 nitrogen and oxygen atoms in total. The number of nitrogens with one attached hydrogen (secondary N) is 1. The summed E-state index contributed by atoms with van der Waals surface area (Å²) in [6, 6.07) is 8.52. The van der Waals surface area contributed by atoms with Crippen LogP contribution in [-0.4, -0.2) is 42.8 Å². The lowest BCUT2D eigenvalue weighted by Crippen LogP contribution is -2.33. The van der Waals surface area contributed by atoms with Gasteiger partial charge >= 0.3 is 0 Å². The summed E-state index contributed by atoms with van der Waals surface area (Å²) >= 11 is 0. The maximum Gasteiger partial charge on any atom is 0.0558 e. The highest BCUT2D eigenvalue weighted by Crippen LogP contribution is 2.31. The summed E-state index contributed by atoms with van der Waals surface area (Å²) in [5, 5.41) is 12.5. The molecule has 1 atom stereocenters. The van der Waals surface area contributed by atoms with Crippen molar-refractivity contribution in [2.75, 3.05) is 38.1 Å². The van der Waals surface area contributed by atoms with Crippen LogP contribution in [0, 0.1) is 0 Å². The van der Waals surface area contributed by atoms with E-state index in [0.717, 1.165) is 32.6 Å². The molecule has 0 bridgehead atoms. The van der Waals surface area contributed by atoms with E-state index in [2.05, 4.69) is 41.1 Å². The van der Waals surface area contributed by atoms with Gasteiger partial charge in [0, 0.05) is 37.8 Å². The highest BCUT2D eigenvalue weighted by atomic mass is 16.3. The Labute approximate surface area is 109 Å². The van der Waals surface area contributed by atoms with E-state index in [-0.39, 0.29) is 6.61 Å². The van der Waals surface area contributed by atoms with E-state index in [0.29, 0.717) is 5.92 Å². The van der Waals surface area contributed by atoms with Crippen LogP contribution in [0.4, 0.5) is 5.69 Å². The first-order chi connectivity index (χ1) is 8.85. The van der Waals surface area contributed by atoms with Crippen LogP contribution < -0.4 is 5.32 Å². The standard InChI is InChI=1S/C15H22N2O/c1-2-9-17(10-11-18)12-13-7-8-16-15-6-4-3-5-14(13)15/h2-6,13,16,18H,1,7-12H2. The van der Waals surface area contributed by atoms with Gasteiger partial charge in [-0.25, -0.2) is 0 Å². The molecule has 1 aliphatic heterocycles. The molecule has 0 saturated carbocycles. The van der Waals surface area contributed by atoms with E-state index >= 15 is 0 Å². The van der Waals surface area contributed by atoms with Gasteiger partial charge in [0.2, 0.25) is 0 Å². The fourth-order valence-corrected chi connectivity index (χ4v) is 2.63. The fourth-order valence-electron chi connectivity index (χ4n) is 2.63. The van der Waals surface area contributed by atoms with Crippen LogP contribution in [0.15, 0.2) is 36.9 Å². The molecule has 0 saturated heterocycles. The van der Waals surface area contributed by atoms with Crippen LogP contribution >= 0.6 is 0 Å². The van der Waals surface area contributed by atoms with Crippen LogP contribution in [0.5, 0.6) is 0 Å². The lowest BCUT2D eigenvalue weighted by atomic mass is 9.90. The van der Waals surface area contributed by atoms with E-state index in [9.17, 15) is 0 Å². The van der Waals surface area contributed by atoms with Crippen LogP contribution in [0.25, 0.3) is 0 Å². The van der Waals surface area contributed by atoms with Gasteiger partial charge in [0.25, 0.3) is 0 Å². The molecule has 2 rings (SSSR count). The Morgan fingerprint density at radius 3 is 3.06 bits per heavy atom. The molecule has 0 spiro atoms. The summed E-state index contributed by atoms with van der Waals surface area (Å²) in [4.78, 5) is 2.26. The number of benzene rings is 1. The fraction of sp³-hybridized carbons (Fsp3) is 0.467. The molecule has 2 N–H and O–H groups in total. The summed E-state index contributed by atoms with van der Waals surface area (Å²) in [6.07, 6.45) is 3.05. The molecule has 1 aromatic carbocycles. The molecule has 1 aromatic rings. The molecule has 3 heteroatoms. The zero-order chi connectivity index (χ0) is 12.8. The highest BCUT2D eigenvalue weighted by molar-refractivity contribution is 5.54. The van der Waals surface area contributed by atoms with Gasteiger partial charge < -0.3 is 10.4 Å². The van der Waals surface area contributed by atoms with Crippen molar-refractivity contribution in [2.24, 2.45) is 0 Å². The quantitative estimate of drug-likeness (QED) is 0.754. The summed E-state index contributed by atoms with van der Waals surface area (Å²) in [5.74, 6) is 0.550. The minimum Gasteiger partial charge on any atom is -0.395 e. The second-order valence-corrected chi connectivity index (χ2v) is 4.77. The Bertz CT molecular complexity index is 392. The number of aliphatic hydroxyl groups excluding tert-OH is 1. The molecule has 1 aliphatic rings. The van der Waals surface area contributed by atoms with Crippen molar-refractivity contribution in [3.8, 4) is 0 Å². The number of aliphatic hydroxyl groups is 1. The molecule has 0 aromatic heterocycles. The van der Waals surface area contributed by atoms with Crippen LogP contribution in [0.2, 0.25) is 0 Å². The van der Waals surface area contributed by atoms with Crippen LogP contribution in [0.1, 0.15) is 17.9 Å². The number of hydrogen-bond donors (Lipinski definition) is 2. The second-order valence-electron chi connectivity index (χ2n) is 4.77. The van der Waals surface area contributed by atoms with Crippen molar-refractivity contribution >= 4 is 5.69 Å². The Balaban J connectivity index is 2.07. The number of hydrogen-bond acceptors (Lipinski definition) is 3. The van der Waals surface area contributed by atoms with Gasteiger partial charge in [-0.3, -0.25) is 4.90 Å². The van der Waals surface area contributed by atoms with Gasteiger partial charge in [-0.2, -0.15) is 0 Å². The Morgan fingerprint density at radius 1 is 1.44 bits per heavy atom. The third-order valence-electron chi connectivity index (χ3n) is 3.49. The Kier molecular flexibility index (Phi) is 4.79. The molecule has 18 heavy (non-hydrogen) atoms. The smallest absolute Gasteiger partial charge is 0.0558 e. The number of anilines is 1. The topological polar surface area (TPSA) is 35.5 Å². The number of nitrogens with zero attached hydrogens (tertiary/aromatic N) is 1. The van der Waals surface area contributed by atoms with Crippen molar-refractivity contribution < 1.29 is 5.11 Å². The second kappa shape index (κ2) is 6.57. The van der Waals surface area contributed by atoms with Crippen molar-refractivity contribution in [1.82, 2.24) is 4.90 Å². The maximum atomic E-state index is 9.10. The molecule has 0 aliphatic carbocycles. The summed E-state index contributed by atoms with van der Waals surface area (Å²) in [5.41, 5.74) is 2.66. The van der Waals surface area contributed by atoms with E-state index < -0.39 is 0 Å². The number of rotatable bonds is 6. The molecule has 1 unspecified atom stereocenters. The monoisotopic (exact) mass is 246 g/mol. The first-order valence-electron chi connectivity index (χ1n) is 6.62. The average molecular weight is 246 g/mol. The van der Waals surface area contributed by atoms with Gasteiger partial charge in [-0.05, 0) is 18.1 Å². The molecule has 1 heterocycles. The van der Waals surface area contributed by atoms with Gasteiger partial charge in [0.05, 0.1) is 6.61 Å². The zero-order valence-electron chi connectivity index (χ0n) is 10.8. The summed E-state index contributed by atoms with van der Waals surface area (Å²) in [6.45, 7) is 7.58. The van der Waals surface area contributed by atoms with Crippen molar-refractivity contribution in [1.29, 1.82) is 0 Å². The van der Waals surface area contributed by atoms with Crippen molar-refractivity contribution in [3.05, 3.63) is 42.5 Å². The van der Waals surface area contributed by atoms with Gasteiger partial charge in [0.1, 0.15) is 0 Å². The Morgan fingerprint density at radius 2 is 2.28 bits per heavy atom.